The summed E-state index contributed by atoms with van der Waals surface area (Å²) in [7, 11) is -5.10. The van der Waals surface area contributed by atoms with Gasteiger partial charge >= 0.3 is 0 Å². The van der Waals surface area contributed by atoms with Crippen LogP contribution < -0.4 is 10.1 Å². The summed E-state index contributed by atoms with van der Waals surface area (Å²) in [5.41, 5.74) is 2.13. The molecule has 218 valence electrons. The number of hydrogen-bond donors (Lipinski definition) is 1. The molecule has 2 aromatic carbocycles. The highest BCUT2D eigenvalue weighted by Crippen LogP contribution is 2.40. The fraction of sp³-hybridized carbons (Fsp3) is 0.533. The van der Waals surface area contributed by atoms with E-state index in [4.69, 9.17) is 14.1 Å². The van der Waals surface area contributed by atoms with E-state index in [1.165, 1.54) is 6.26 Å². The SMILES string of the molecule is CC(C)(C)[Si](C)(C)OC1CCC(Oc2c(Br)ccc3cnc(Nc4cccc(C(C)(C)S(C)(=O)=O)c4)nc23)CC1. The van der Waals surface area contributed by atoms with Gasteiger partial charge in [-0.25, -0.2) is 18.4 Å². The van der Waals surface area contributed by atoms with Crippen LogP contribution in [-0.4, -0.2) is 45.2 Å². The van der Waals surface area contributed by atoms with Crippen LogP contribution in [0.2, 0.25) is 18.1 Å². The molecular formula is C30H42BrN3O4SSi. The van der Waals surface area contributed by atoms with Crippen molar-refractivity contribution in [3.8, 4) is 5.75 Å². The molecule has 1 aliphatic rings. The Morgan fingerprint density at radius 1 is 1.00 bits per heavy atom. The maximum absolute atomic E-state index is 12.4. The third kappa shape index (κ3) is 6.72. The van der Waals surface area contributed by atoms with Gasteiger partial charge in [-0.15, -0.1) is 0 Å². The van der Waals surface area contributed by atoms with Crippen LogP contribution in [-0.2, 0) is 19.0 Å². The minimum absolute atomic E-state index is 0.0856. The summed E-state index contributed by atoms with van der Waals surface area (Å²) in [6.45, 7) is 14.9. The molecule has 7 nitrogen and oxygen atoms in total. The maximum atomic E-state index is 12.4. The van der Waals surface area contributed by atoms with E-state index in [9.17, 15) is 8.42 Å². The second-order valence-corrected chi connectivity index (χ2v) is 21.1. The molecule has 0 radical (unpaired) electrons. The summed E-state index contributed by atoms with van der Waals surface area (Å²) in [5.74, 6) is 1.12. The Morgan fingerprint density at radius 3 is 2.27 bits per heavy atom. The summed E-state index contributed by atoms with van der Waals surface area (Å²) < 4.78 is 37.8. The number of ether oxygens (including phenoxy) is 1. The van der Waals surface area contributed by atoms with Crippen LogP contribution in [0.1, 0.15) is 65.9 Å². The molecule has 3 aromatic rings. The first kappa shape index (κ1) is 30.9. The number of hydrogen-bond acceptors (Lipinski definition) is 7. The van der Waals surface area contributed by atoms with Gasteiger partial charge in [0.2, 0.25) is 5.95 Å². The summed E-state index contributed by atoms with van der Waals surface area (Å²) in [5, 5.41) is 4.33. The first-order valence-electron chi connectivity index (χ1n) is 13.8. The van der Waals surface area contributed by atoms with Gasteiger partial charge < -0.3 is 14.5 Å². The van der Waals surface area contributed by atoms with E-state index in [0.29, 0.717) is 29.1 Å². The Morgan fingerprint density at radius 2 is 1.65 bits per heavy atom. The van der Waals surface area contributed by atoms with E-state index < -0.39 is 22.9 Å². The highest BCUT2D eigenvalue weighted by Gasteiger charge is 2.40. The number of anilines is 2. The van der Waals surface area contributed by atoms with Gasteiger partial charge in [0.15, 0.2) is 23.9 Å². The van der Waals surface area contributed by atoms with Crippen molar-refractivity contribution in [2.75, 3.05) is 11.6 Å². The van der Waals surface area contributed by atoms with Crippen molar-refractivity contribution in [1.29, 1.82) is 0 Å². The number of halogens is 1. The average molecular weight is 649 g/mol. The lowest BCUT2D eigenvalue weighted by atomic mass is 9.95. The van der Waals surface area contributed by atoms with Crippen molar-refractivity contribution < 1.29 is 17.6 Å². The minimum Gasteiger partial charge on any atom is -0.487 e. The minimum atomic E-state index is -3.30. The average Bonchev–Trinajstić information content (AvgIpc) is 2.85. The number of benzene rings is 2. The van der Waals surface area contributed by atoms with Crippen molar-refractivity contribution in [2.45, 2.75) is 95.4 Å². The molecule has 0 amide bonds. The third-order valence-electron chi connectivity index (χ3n) is 8.57. The number of rotatable bonds is 8. The van der Waals surface area contributed by atoms with Gasteiger partial charge in [0, 0.05) is 29.6 Å². The smallest absolute Gasteiger partial charge is 0.227 e. The molecule has 0 atom stereocenters. The van der Waals surface area contributed by atoms with E-state index in [0.717, 1.165) is 41.1 Å². The second-order valence-electron chi connectivity index (χ2n) is 12.9. The topological polar surface area (TPSA) is 90.4 Å². The lowest BCUT2D eigenvalue weighted by molar-refractivity contribution is 0.0729. The zero-order chi connectivity index (χ0) is 29.5. The molecule has 1 aromatic heterocycles. The van der Waals surface area contributed by atoms with Gasteiger partial charge in [0.25, 0.3) is 0 Å². The normalized spacial score (nSPS) is 19.0. The Kier molecular flexibility index (Phi) is 8.77. The monoisotopic (exact) mass is 647 g/mol. The fourth-order valence-corrected chi connectivity index (χ4v) is 6.95. The molecule has 1 saturated carbocycles. The van der Waals surface area contributed by atoms with Crippen LogP contribution in [0.15, 0.2) is 47.1 Å². The molecule has 40 heavy (non-hydrogen) atoms. The van der Waals surface area contributed by atoms with E-state index in [1.54, 1.807) is 20.0 Å². The molecule has 0 saturated heterocycles. The Balaban J connectivity index is 1.52. The first-order valence-corrected chi connectivity index (χ1v) is 19.4. The molecular weight excluding hydrogens is 606 g/mol. The molecule has 0 spiro atoms. The predicted molar refractivity (Wildman–Crippen MR) is 170 cm³/mol. The summed E-state index contributed by atoms with van der Waals surface area (Å²) >= 11 is 3.68. The molecule has 1 N–H and O–H groups in total. The molecule has 0 unspecified atom stereocenters. The second kappa shape index (κ2) is 11.3. The zero-order valence-corrected chi connectivity index (χ0v) is 28.2. The van der Waals surface area contributed by atoms with Crippen LogP contribution in [0.25, 0.3) is 10.9 Å². The number of nitrogens with zero attached hydrogens (tertiary/aromatic N) is 2. The molecule has 1 aliphatic carbocycles. The predicted octanol–water partition coefficient (Wildman–Crippen LogP) is 8.13. The van der Waals surface area contributed by atoms with Crippen molar-refractivity contribution in [3.05, 3.63) is 52.6 Å². The summed E-state index contributed by atoms with van der Waals surface area (Å²) in [6.07, 6.45) is 7.25. The van der Waals surface area contributed by atoms with E-state index in [2.05, 4.69) is 60.1 Å². The van der Waals surface area contributed by atoms with Crippen molar-refractivity contribution >= 4 is 56.6 Å². The highest BCUT2D eigenvalue weighted by molar-refractivity contribution is 9.10. The number of nitrogens with one attached hydrogen (secondary N) is 1. The van der Waals surface area contributed by atoms with Gasteiger partial charge in [-0.3, -0.25) is 0 Å². The molecule has 4 rings (SSSR count). The Labute approximate surface area is 248 Å². The van der Waals surface area contributed by atoms with E-state index >= 15 is 0 Å². The largest absolute Gasteiger partial charge is 0.487 e. The zero-order valence-electron chi connectivity index (χ0n) is 24.8. The molecule has 1 heterocycles. The summed E-state index contributed by atoms with van der Waals surface area (Å²) in [6, 6.07) is 11.3. The summed E-state index contributed by atoms with van der Waals surface area (Å²) in [4.78, 5) is 9.31. The molecule has 10 heteroatoms. The van der Waals surface area contributed by atoms with Gasteiger partial charge in [-0.1, -0.05) is 32.9 Å². The van der Waals surface area contributed by atoms with Gasteiger partial charge in [-0.2, -0.15) is 0 Å². The molecule has 0 aliphatic heterocycles. The van der Waals surface area contributed by atoms with Crippen LogP contribution in [0, 0.1) is 0 Å². The van der Waals surface area contributed by atoms with E-state index in [-0.39, 0.29) is 11.1 Å². The number of aromatic nitrogens is 2. The van der Waals surface area contributed by atoms with Crippen LogP contribution >= 0.6 is 15.9 Å². The third-order valence-corrected chi connectivity index (χ3v) is 15.8. The van der Waals surface area contributed by atoms with Crippen molar-refractivity contribution in [1.82, 2.24) is 9.97 Å². The Hall–Kier alpha value is -2.01. The van der Waals surface area contributed by atoms with Crippen LogP contribution in [0.3, 0.4) is 0 Å². The maximum Gasteiger partial charge on any atom is 0.227 e. The van der Waals surface area contributed by atoms with Gasteiger partial charge in [0.05, 0.1) is 15.3 Å². The fourth-order valence-electron chi connectivity index (χ4n) is 4.56. The van der Waals surface area contributed by atoms with Crippen LogP contribution in [0.5, 0.6) is 5.75 Å². The lowest BCUT2D eigenvalue weighted by Crippen LogP contribution is -2.45. The van der Waals surface area contributed by atoms with Gasteiger partial charge in [-0.05, 0) is 103 Å². The standard InChI is InChI=1S/C30H42BrN3O4SSi/c1-29(2,3)40(7,8)38-24-15-13-23(14-16-24)37-27-25(31)17-12-20-19-32-28(34-26(20)27)33-22-11-9-10-21(18-22)30(4,5)39(6,35)36/h9-12,17-19,23-24H,13-16H2,1-8H3,(H,32,33,34). The van der Waals surface area contributed by atoms with Crippen molar-refractivity contribution in [2.24, 2.45) is 0 Å². The van der Waals surface area contributed by atoms with Crippen LogP contribution in [0.4, 0.5) is 11.6 Å². The lowest BCUT2D eigenvalue weighted by Gasteiger charge is -2.41. The first-order chi connectivity index (χ1) is 18.5. The van der Waals surface area contributed by atoms with Gasteiger partial charge in [0.1, 0.15) is 5.52 Å². The Bertz CT molecular complexity index is 1480. The molecule has 0 bridgehead atoms. The number of fused-ring (bicyclic) bond motifs is 1. The highest BCUT2D eigenvalue weighted by atomic mass is 79.9. The number of sulfone groups is 1. The van der Waals surface area contributed by atoms with Crippen molar-refractivity contribution in [3.63, 3.8) is 0 Å². The van der Waals surface area contributed by atoms with E-state index in [1.807, 2.05) is 36.4 Å². The molecule has 1 fully saturated rings. The quantitative estimate of drug-likeness (QED) is 0.247.